The van der Waals surface area contributed by atoms with Crippen molar-refractivity contribution in [2.75, 3.05) is 0 Å². The summed E-state index contributed by atoms with van der Waals surface area (Å²) >= 11 is 3.01. The lowest BCUT2D eigenvalue weighted by molar-refractivity contribution is -0.384. The molecular formula is C18H21N3O3S2. The molecule has 1 aromatic heterocycles. The fourth-order valence-electron chi connectivity index (χ4n) is 3.19. The van der Waals surface area contributed by atoms with Crippen molar-refractivity contribution in [1.82, 2.24) is 10.3 Å². The van der Waals surface area contributed by atoms with Crippen LogP contribution in [0.15, 0.2) is 34.5 Å². The van der Waals surface area contributed by atoms with Gasteiger partial charge < -0.3 is 5.32 Å². The number of rotatable bonds is 6. The van der Waals surface area contributed by atoms with E-state index in [1.165, 1.54) is 23.9 Å². The van der Waals surface area contributed by atoms with E-state index in [0.29, 0.717) is 0 Å². The molecule has 0 spiro atoms. The van der Waals surface area contributed by atoms with Crippen LogP contribution >= 0.6 is 23.1 Å². The molecule has 0 radical (unpaired) electrons. The van der Waals surface area contributed by atoms with Crippen LogP contribution < -0.4 is 5.32 Å². The summed E-state index contributed by atoms with van der Waals surface area (Å²) in [5.41, 5.74) is 0.689. The Labute approximate surface area is 160 Å². The lowest BCUT2D eigenvalue weighted by Crippen LogP contribution is -2.46. The number of nitro benzene ring substituents is 1. The van der Waals surface area contributed by atoms with Gasteiger partial charge in [-0.1, -0.05) is 12.8 Å². The maximum absolute atomic E-state index is 12.8. The van der Waals surface area contributed by atoms with Crippen LogP contribution in [0.3, 0.4) is 0 Å². The molecule has 1 aromatic carbocycles. The minimum absolute atomic E-state index is 0.0249. The maximum atomic E-state index is 12.8. The second-order valence-corrected chi connectivity index (χ2v) is 8.86. The molecule has 1 amide bonds. The first-order chi connectivity index (χ1) is 12.4. The molecule has 0 aliphatic heterocycles. The zero-order chi connectivity index (χ0) is 18.7. The highest BCUT2D eigenvalue weighted by Crippen LogP contribution is 2.40. The number of carbonyl (C=O) groups is 1. The number of aromatic nitrogens is 1. The number of thioether (sulfide) groups is 1. The quantitative estimate of drug-likeness (QED) is 0.447. The number of aryl methyl sites for hydroxylation is 1. The molecule has 1 N–H and O–H groups in total. The Morgan fingerprint density at radius 1 is 1.35 bits per heavy atom. The second kappa shape index (κ2) is 7.75. The normalized spacial score (nSPS) is 17.0. The van der Waals surface area contributed by atoms with Crippen LogP contribution in [0.25, 0.3) is 0 Å². The Balaban J connectivity index is 1.68. The number of nitrogens with zero attached hydrogens (tertiary/aromatic N) is 2. The van der Waals surface area contributed by atoms with Gasteiger partial charge in [-0.2, -0.15) is 0 Å². The number of hydrogen-bond donors (Lipinski definition) is 1. The first-order valence-electron chi connectivity index (χ1n) is 8.55. The summed E-state index contributed by atoms with van der Waals surface area (Å²) in [5, 5.41) is 16.7. The van der Waals surface area contributed by atoms with Gasteiger partial charge in [-0.25, -0.2) is 4.98 Å². The van der Waals surface area contributed by atoms with Gasteiger partial charge in [-0.3, -0.25) is 14.9 Å². The lowest BCUT2D eigenvalue weighted by Gasteiger charge is -2.29. The van der Waals surface area contributed by atoms with E-state index in [1.54, 1.807) is 23.5 Å². The molecule has 138 valence electrons. The largest absolute Gasteiger partial charge is 0.343 e. The number of carbonyl (C=O) groups excluding carboxylic acids is 1. The van der Waals surface area contributed by atoms with Gasteiger partial charge in [0.05, 0.1) is 15.7 Å². The summed E-state index contributed by atoms with van der Waals surface area (Å²) < 4.78 is 0. The Morgan fingerprint density at radius 2 is 2.00 bits per heavy atom. The van der Waals surface area contributed by atoms with Crippen LogP contribution in [0, 0.1) is 17.0 Å². The molecule has 2 aromatic rings. The van der Waals surface area contributed by atoms with Crippen LogP contribution in [-0.4, -0.2) is 21.1 Å². The molecule has 6 nitrogen and oxygen atoms in total. The average Bonchev–Trinajstić information content (AvgIpc) is 3.25. The highest BCUT2D eigenvalue weighted by molar-refractivity contribution is 8.00. The summed E-state index contributed by atoms with van der Waals surface area (Å²) in [6.45, 7) is 3.83. The third-order valence-electron chi connectivity index (χ3n) is 4.58. The summed E-state index contributed by atoms with van der Waals surface area (Å²) in [5.74, 6) is -0.0249. The first-order valence-corrected chi connectivity index (χ1v) is 10.3. The van der Waals surface area contributed by atoms with Crippen LogP contribution in [0.5, 0.6) is 0 Å². The molecule has 8 heteroatoms. The number of nitro groups is 1. The maximum Gasteiger partial charge on any atom is 0.269 e. The van der Waals surface area contributed by atoms with Crippen molar-refractivity contribution in [3.63, 3.8) is 0 Å². The van der Waals surface area contributed by atoms with E-state index < -0.39 is 4.92 Å². The topological polar surface area (TPSA) is 85.1 Å². The third kappa shape index (κ3) is 4.07. The fraction of sp³-hybridized carbons (Fsp3) is 0.444. The van der Waals surface area contributed by atoms with Crippen molar-refractivity contribution in [3.8, 4) is 0 Å². The van der Waals surface area contributed by atoms with Gasteiger partial charge in [0.15, 0.2) is 0 Å². The predicted octanol–water partition coefficient (Wildman–Crippen LogP) is 4.43. The van der Waals surface area contributed by atoms with E-state index in [-0.39, 0.29) is 22.4 Å². The molecule has 1 atom stereocenters. The number of benzene rings is 1. The zero-order valence-corrected chi connectivity index (χ0v) is 16.4. The van der Waals surface area contributed by atoms with Gasteiger partial charge >= 0.3 is 0 Å². The van der Waals surface area contributed by atoms with Gasteiger partial charge in [0.25, 0.3) is 5.69 Å². The van der Waals surface area contributed by atoms with Crippen molar-refractivity contribution in [2.45, 2.75) is 55.2 Å². The Hall–Kier alpha value is -1.93. The van der Waals surface area contributed by atoms with Gasteiger partial charge in [0, 0.05) is 28.1 Å². The van der Waals surface area contributed by atoms with Crippen LogP contribution in [0.2, 0.25) is 0 Å². The Kier molecular flexibility index (Phi) is 5.62. The van der Waals surface area contributed by atoms with Crippen molar-refractivity contribution in [2.24, 2.45) is 0 Å². The summed E-state index contributed by atoms with van der Waals surface area (Å²) in [6.07, 6.45) is 4.01. The monoisotopic (exact) mass is 391 g/mol. The number of hydrogen-bond acceptors (Lipinski definition) is 6. The van der Waals surface area contributed by atoms with Crippen molar-refractivity contribution < 1.29 is 9.72 Å². The average molecular weight is 392 g/mol. The number of amides is 1. The molecule has 3 rings (SSSR count). The SMILES string of the molecule is Cc1csc(C2(NC(=O)C(C)Sc3ccc([N+](=O)[O-])cc3)CCCC2)n1. The van der Waals surface area contributed by atoms with Crippen molar-refractivity contribution >= 4 is 34.7 Å². The van der Waals surface area contributed by atoms with E-state index in [2.05, 4.69) is 10.3 Å². The minimum atomic E-state index is -0.426. The zero-order valence-electron chi connectivity index (χ0n) is 14.7. The van der Waals surface area contributed by atoms with Crippen molar-refractivity contribution in [3.05, 3.63) is 50.5 Å². The van der Waals surface area contributed by atoms with E-state index in [4.69, 9.17) is 0 Å². The molecule has 0 saturated heterocycles. The Morgan fingerprint density at radius 3 is 2.54 bits per heavy atom. The summed E-state index contributed by atoms with van der Waals surface area (Å²) in [7, 11) is 0. The highest BCUT2D eigenvalue weighted by atomic mass is 32.2. The van der Waals surface area contributed by atoms with E-state index >= 15 is 0 Å². The van der Waals surface area contributed by atoms with E-state index in [9.17, 15) is 14.9 Å². The van der Waals surface area contributed by atoms with E-state index in [1.807, 2.05) is 19.2 Å². The molecule has 1 unspecified atom stereocenters. The molecule has 0 bridgehead atoms. The van der Waals surface area contributed by atoms with Gasteiger partial charge in [0.2, 0.25) is 5.91 Å². The predicted molar refractivity (Wildman–Crippen MR) is 104 cm³/mol. The number of non-ortho nitro benzene ring substituents is 1. The van der Waals surface area contributed by atoms with Crippen LogP contribution in [0.4, 0.5) is 5.69 Å². The molecule has 26 heavy (non-hydrogen) atoms. The molecule has 1 fully saturated rings. The van der Waals surface area contributed by atoms with Gasteiger partial charge in [-0.05, 0) is 38.8 Å². The fourth-order valence-corrected chi connectivity index (χ4v) is 5.07. The third-order valence-corrected chi connectivity index (χ3v) is 6.85. The number of thiazole rings is 1. The van der Waals surface area contributed by atoms with E-state index in [0.717, 1.165) is 41.3 Å². The number of nitrogens with one attached hydrogen (secondary N) is 1. The Bertz CT molecular complexity index is 798. The minimum Gasteiger partial charge on any atom is -0.343 e. The molecule has 1 heterocycles. The van der Waals surface area contributed by atoms with Crippen LogP contribution in [0.1, 0.15) is 43.3 Å². The summed E-state index contributed by atoms with van der Waals surface area (Å²) in [6, 6.07) is 6.29. The molecular weight excluding hydrogens is 370 g/mol. The molecule has 1 saturated carbocycles. The second-order valence-electron chi connectivity index (χ2n) is 6.58. The molecule has 1 aliphatic carbocycles. The lowest BCUT2D eigenvalue weighted by atomic mass is 9.98. The summed E-state index contributed by atoms with van der Waals surface area (Å²) in [4.78, 5) is 28.6. The van der Waals surface area contributed by atoms with Crippen LogP contribution in [-0.2, 0) is 10.3 Å². The van der Waals surface area contributed by atoms with Gasteiger partial charge in [0.1, 0.15) is 5.01 Å². The molecule has 1 aliphatic rings. The standard InChI is InChI=1S/C18H21N3O3S2/c1-12-11-25-17(19-12)18(9-3-4-10-18)20-16(22)13(2)26-15-7-5-14(6-8-15)21(23)24/h5-8,11,13H,3-4,9-10H2,1-2H3,(H,20,22). The highest BCUT2D eigenvalue weighted by Gasteiger charge is 2.40. The van der Waals surface area contributed by atoms with Crippen molar-refractivity contribution in [1.29, 1.82) is 0 Å². The smallest absolute Gasteiger partial charge is 0.269 e. The van der Waals surface area contributed by atoms with Gasteiger partial charge in [-0.15, -0.1) is 23.1 Å². The first kappa shape index (κ1) is 18.8.